The number of nitrogens with one attached hydrogen (secondary N) is 1. The highest BCUT2D eigenvalue weighted by Gasteiger charge is 2.02. The summed E-state index contributed by atoms with van der Waals surface area (Å²) in [6, 6.07) is 0.306. The second-order valence-electron chi connectivity index (χ2n) is 2.75. The van der Waals surface area contributed by atoms with Gasteiger partial charge in [0, 0.05) is 13.2 Å². The van der Waals surface area contributed by atoms with Crippen molar-refractivity contribution in [2.45, 2.75) is 19.9 Å². The topological polar surface area (TPSA) is 47.6 Å². The van der Waals surface area contributed by atoms with Gasteiger partial charge in [-0.2, -0.15) is 0 Å². The lowest BCUT2D eigenvalue weighted by molar-refractivity contribution is -0.143. The molecule has 12 heavy (non-hydrogen) atoms. The van der Waals surface area contributed by atoms with Crippen LogP contribution in [0.5, 0.6) is 0 Å². The first-order valence-corrected chi connectivity index (χ1v) is 4.04. The Balaban J connectivity index is 3.22. The highest BCUT2D eigenvalue weighted by atomic mass is 16.6. The van der Waals surface area contributed by atoms with Gasteiger partial charge < -0.3 is 14.8 Å². The fraction of sp³-hybridized carbons (Fsp3) is 0.875. The summed E-state index contributed by atoms with van der Waals surface area (Å²) in [7, 11) is 1.57. The van der Waals surface area contributed by atoms with Crippen LogP contribution >= 0.6 is 0 Å². The van der Waals surface area contributed by atoms with E-state index in [1.165, 1.54) is 0 Å². The predicted octanol–water partition coefficient (Wildman–Crippen LogP) is 0.174. The van der Waals surface area contributed by atoms with Crippen molar-refractivity contribution >= 4 is 5.97 Å². The SMILES string of the molecule is COCCOC(=O)CNC(C)C. The molecule has 0 aliphatic carbocycles. The van der Waals surface area contributed by atoms with Gasteiger partial charge in [0.25, 0.3) is 0 Å². The largest absolute Gasteiger partial charge is 0.462 e. The van der Waals surface area contributed by atoms with E-state index in [2.05, 4.69) is 5.32 Å². The third-order valence-electron chi connectivity index (χ3n) is 1.21. The molecule has 0 saturated heterocycles. The predicted molar refractivity (Wildman–Crippen MR) is 46.0 cm³/mol. The molecule has 4 nitrogen and oxygen atoms in total. The average molecular weight is 175 g/mol. The quantitative estimate of drug-likeness (QED) is 0.462. The van der Waals surface area contributed by atoms with Crippen molar-refractivity contribution in [2.24, 2.45) is 0 Å². The Morgan fingerprint density at radius 3 is 2.58 bits per heavy atom. The van der Waals surface area contributed by atoms with Crippen molar-refractivity contribution in [3.63, 3.8) is 0 Å². The molecule has 4 heteroatoms. The van der Waals surface area contributed by atoms with Crippen LogP contribution in [0.15, 0.2) is 0 Å². The number of methoxy groups -OCH3 is 1. The maximum absolute atomic E-state index is 10.9. The first-order valence-electron chi connectivity index (χ1n) is 4.04. The number of rotatable bonds is 6. The summed E-state index contributed by atoms with van der Waals surface area (Å²) in [5.41, 5.74) is 0. The molecule has 0 radical (unpaired) electrons. The molecule has 0 aromatic rings. The minimum Gasteiger partial charge on any atom is -0.462 e. The van der Waals surface area contributed by atoms with Crippen molar-refractivity contribution in [1.29, 1.82) is 0 Å². The Morgan fingerprint density at radius 2 is 2.08 bits per heavy atom. The van der Waals surface area contributed by atoms with Gasteiger partial charge in [-0.1, -0.05) is 13.8 Å². The number of hydrogen-bond acceptors (Lipinski definition) is 4. The van der Waals surface area contributed by atoms with Crippen LogP contribution in [0.25, 0.3) is 0 Å². The molecule has 0 atom stereocenters. The fourth-order valence-corrected chi connectivity index (χ4v) is 0.577. The molecule has 0 saturated carbocycles. The van der Waals surface area contributed by atoms with Gasteiger partial charge in [0.05, 0.1) is 13.2 Å². The summed E-state index contributed by atoms with van der Waals surface area (Å²) in [4.78, 5) is 10.9. The van der Waals surface area contributed by atoms with Crippen molar-refractivity contribution in [2.75, 3.05) is 26.9 Å². The van der Waals surface area contributed by atoms with E-state index < -0.39 is 0 Å². The molecule has 0 heterocycles. The van der Waals surface area contributed by atoms with Gasteiger partial charge in [0.15, 0.2) is 0 Å². The first-order chi connectivity index (χ1) is 5.66. The second-order valence-corrected chi connectivity index (χ2v) is 2.75. The molecule has 0 fully saturated rings. The van der Waals surface area contributed by atoms with Crippen molar-refractivity contribution in [3.8, 4) is 0 Å². The normalized spacial score (nSPS) is 10.3. The molecule has 0 bridgehead atoms. The van der Waals surface area contributed by atoms with E-state index >= 15 is 0 Å². The molecular weight excluding hydrogens is 158 g/mol. The van der Waals surface area contributed by atoms with E-state index in [-0.39, 0.29) is 12.5 Å². The summed E-state index contributed by atoms with van der Waals surface area (Å²) in [5.74, 6) is -0.235. The smallest absolute Gasteiger partial charge is 0.320 e. The minimum atomic E-state index is -0.235. The summed E-state index contributed by atoms with van der Waals surface area (Å²) in [6.07, 6.45) is 0. The Hall–Kier alpha value is -0.610. The number of esters is 1. The molecule has 0 aromatic heterocycles. The van der Waals surface area contributed by atoms with E-state index in [9.17, 15) is 4.79 Å². The summed E-state index contributed by atoms with van der Waals surface area (Å²) >= 11 is 0. The molecule has 0 unspecified atom stereocenters. The molecule has 0 amide bonds. The third-order valence-corrected chi connectivity index (χ3v) is 1.21. The number of carbonyl (C=O) groups is 1. The van der Waals surface area contributed by atoms with Gasteiger partial charge in [-0.25, -0.2) is 0 Å². The Labute approximate surface area is 73.2 Å². The highest BCUT2D eigenvalue weighted by molar-refractivity contribution is 5.71. The molecule has 0 spiro atoms. The zero-order valence-electron chi connectivity index (χ0n) is 7.92. The molecular formula is C8H17NO3. The first kappa shape index (κ1) is 11.4. The van der Waals surface area contributed by atoms with Gasteiger partial charge in [0.2, 0.25) is 0 Å². The average Bonchev–Trinajstić information content (AvgIpc) is 2.01. The molecule has 0 aliphatic heterocycles. The van der Waals surface area contributed by atoms with E-state index in [4.69, 9.17) is 9.47 Å². The minimum absolute atomic E-state index is 0.235. The molecule has 0 aromatic carbocycles. The van der Waals surface area contributed by atoms with Gasteiger partial charge in [-0.05, 0) is 0 Å². The maximum atomic E-state index is 10.9. The number of ether oxygens (including phenoxy) is 2. The second kappa shape index (κ2) is 7.06. The number of carbonyl (C=O) groups excluding carboxylic acids is 1. The number of hydrogen-bond donors (Lipinski definition) is 1. The van der Waals surface area contributed by atoms with Crippen molar-refractivity contribution in [3.05, 3.63) is 0 Å². The summed E-state index contributed by atoms with van der Waals surface area (Å²) in [6.45, 7) is 4.99. The molecule has 0 rings (SSSR count). The van der Waals surface area contributed by atoms with E-state index in [0.717, 1.165) is 0 Å². The lowest BCUT2D eigenvalue weighted by Gasteiger charge is -2.07. The van der Waals surface area contributed by atoms with Crippen molar-refractivity contribution in [1.82, 2.24) is 5.32 Å². The summed E-state index contributed by atoms with van der Waals surface area (Å²) in [5, 5.41) is 2.96. The standard InChI is InChI=1S/C8H17NO3/c1-7(2)9-6-8(10)12-5-4-11-3/h7,9H,4-6H2,1-3H3. The van der Waals surface area contributed by atoms with E-state index in [0.29, 0.717) is 19.3 Å². The lowest BCUT2D eigenvalue weighted by Crippen LogP contribution is -2.30. The fourth-order valence-electron chi connectivity index (χ4n) is 0.577. The lowest BCUT2D eigenvalue weighted by atomic mass is 10.4. The van der Waals surface area contributed by atoms with Crippen LogP contribution in [-0.2, 0) is 14.3 Å². The van der Waals surface area contributed by atoms with Crippen LogP contribution < -0.4 is 5.32 Å². The van der Waals surface area contributed by atoms with E-state index in [1.807, 2.05) is 13.8 Å². The zero-order chi connectivity index (χ0) is 9.40. The van der Waals surface area contributed by atoms with Gasteiger partial charge >= 0.3 is 5.97 Å². The van der Waals surface area contributed by atoms with Crippen LogP contribution in [0, 0.1) is 0 Å². The van der Waals surface area contributed by atoms with Crippen LogP contribution in [0.3, 0.4) is 0 Å². The molecule has 0 aliphatic rings. The van der Waals surface area contributed by atoms with E-state index in [1.54, 1.807) is 7.11 Å². The monoisotopic (exact) mass is 175 g/mol. The maximum Gasteiger partial charge on any atom is 0.320 e. The molecule has 72 valence electrons. The zero-order valence-corrected chi connectivity index (χ0v) is 7.92. The van der Waals surface area contributed by atoms with Gasteiger partial charge in [-0.3, -0.25) is 4.79 Å². The Bertz CT molecular complexity index is 125. The Morgan fingerprint density at radius 1 is 1.42 bits per heavy atom. The Kier molecular flexibility index (Phi) is 6.70. The van der Waals surface area contributed by atoms with Gasteiger partial charge in [0.1, 0.15) is 6.61 Å². The van der Waals surface area contributed by atoms with Gasteiger partial charge in [-0.15, -0.1) is 0 Å². The van der Waals surface area contributed by atoms with Crippen LogP contribution in [0.1, 0.15) is 13.8 Å². The van der Waals surface area contributed by atoms with Crippen LogP contribution in [0.4, 0.5) is 0 Å². The highest BCUT2D eigenvalue weighted by Crippen LogP contribution is 1.80. The third kappa shape index (κ3) is 7.50. The molecule has 1 N–H and O–H groups in total. The summed E-state index contributed by atoms with van der Waals surface area (Å²) < 4.78 is 9.53. The van der Waals surface area contributed by atoms with Crippen LogP contribution in [-0.4, -0.2) is 38.9 Å². The van der Waals surface area contributed by atoms with Crippen LogP contribution in [0.2, 0.25) is 0 Å². The van der Waals surface area contributed by atoms with Crippen molar-refractivity contribution < 1.29 is 14.3 Å².